The first-order chi connectivity index (χ1) is 9.11. The van der Waals surface area contributed by atoms with Gasteiger partial charge in [-0.15, -0.1) is 0 Å². The fourth-order valence-corrected chi connectivity index (χ4v) is 2.24. The molecule has 5 nitrogen and oxygen atoms in total. The second kappa shape index (κ2) is 5.67. The lowest BCUT2D eigenvalue weighted by atomic mass is 10.3. The molecule has 0 bridgehead atoms. The second-order valence-electron chi connectivity index (χ2n) is 3.91. The van der Waals surface area contributed by atoms with Crippen LogP contribution in [0.3, 0.4) is 0 Å². The van der Waals surface area contributed by atoms with Gasteiger partial charge >= 0.3 is 0 Å². The molecule has 1 heterocycles. The Hall–Kier alpha value is -2.13. The normalized spacial score (nSPS) is 9.79. The van der Waals surface area contributed by atoms with E-state index in [9.17, 15) is 0 Å². The quantitative estimate of drug-likeness (QED) is 0.695. The Balaban J connectivity index is 2.42. The second-order valence-corrected chi connectivity index (χ2v) is 4.76. The van der Waals surface area contributed by atoms with Crippen molar-refractivity contribution >= 4 is 33.3 Å². The molecule has 19 heavy (non-hydrogen) atoms. The van der Waals surface area contributed by atoms with Gasteiger partial charge in [0, 0.05) is 17.6 Å². The van der Waals surface area contributed by atoms with Crippen LogP contribution in [0.15, 0.2) is 34.8 Å². The third-order valence-electron chi connectivity index (χ3n) is 2.57. The van der Waals surface area contributed by atoms with Gasteiger partial charge in [-0.25, -0.2) is 9.97 Å². The van der Waals surface area contributed by atoms with Crippen LogP contribution in [0.25, 0.3) is 0 Å². The summed E-state index contributed by atoms with van der Waals surface area (Å²) in [7, 11) is 1.91. The highest BCUT2D eigenvalue weighted by Crippen LogP contribution is 2.30. The van der Waals surface area contributed by atoms with Gasteiger partial charge in [0.05, 0.1) is 5.69 Å². The number of aromatic nitrogens is 2. The standard InChI is InChI=1S/C13H12BrN5/c1-9-17-12(16-8-15)7-13(18-9)19(2)11-6-4-3-5-10(11)14/h3-7H,1-2H3,(H,16,17,18). The summed E-state index contributed by atoms with van der Waals surface area (Å²) in [6.07, 6.45) is 1.86. The van der Waals surface area contributed by atoms with E-state index in [0.717, 1.165) is 16.0 Å². The molecule has 6 heteroatoms. The molecular formula is C13H12BrN5. The Kier molecular flexibility index (Phi) is 3.97. The monoisotopic (exact) mass is 317 g/mol. The lowest BCUT2D eigenvalue weighted by molar-refractivity contribution is 1.01. The van der Waals surface area contributed by atoms with Crippen LogP contribution in [0.4, 0.5) is 17.3 Å². The number of nitriles is 1. The molecule has 0 unspecified atom stereocenters. The molecule has 0 atom stereocenters. The molecule has 0 aliphatic carbocycles. The van der Waals surface area contributed by atoms with Crippen LogP contribution < -0.4 is 10.2 Å². The molecule has 0 fully saturated rings. The first kappa shape index (κ1) is 13.3. The fraction of sp³-hybridized carbons (Fsp3) is 0.154. The zero-order valence-electron chi connectivity index (χ0n) is 10.6. The van der Waals surface area contributed by atoms with Crippen molar-refractivity contribution in [2.24, 2.45) is 0 Å². The first-order valence-electron chi connectivity index (χ1n) is 5.61. The zero-order valence-corrected chi connectivity index (χ0v) is 12.1. The molecule has 0 spiro atoms. The number of rotatable bonds is 3. The van der Waals surface area contributed by atoms with Crippen LogP contribution in [0.2, 0.25) is 0 Å². The number of aryl methyl sites for hydroxylation is 1. The molecule has 1 N–H and O–H groups in total. The molecule has 96 valence electrons. The molecule has 1 aromatic carbocycles. The van der Waals surface area contributed by atoms with Crippen LogP contribution in [0.5, 0.6) is 0 Å². The molecular weight excluding hydrogens is 306 g/mol. The Morgan fingerprint density at radius 2 is 2.05 bits per heavy atom. The van der Waals surface area contributed by atoms with Crippen LogP contribution >= 0.6 is 15.9 Å². The van der Waals surface area contributed by atoms with Gasteiger partial charge in [0.1, 0.15) is 17.5 Å². The van der Waals surface area contributed by atoms with Crippen LogP contribution in [-0.2, 0) is 0 Å². The van der Waals surface area contributed by atoms with E-state index in [-0.39, 0.29) is 0 Å². The molecule has 0 amide bonds. The number of nitrogens with zero attached hydrogens (tertiary/aromatic N) is 4. The molecule has 0 saturated carbocycles. The number of halogens is 1. The fourth-order valence-electron chi connectivity index (χ4n) is 1.69. The predicted octanol–water partition coefficient (Wildman–Crippen LogP) is 3.21. The summed E-state index contributed by atoms with van der Waals surface area (Å²) >= 11 is 3.51. The molecule has 0 aliphatic rings. The van der Waals surface area contributed by atoms with Gasteiger partial charge in [-0.05, 0) is 35.0 Å². The van der Waals surface area contributed by atoms with Gasteiger partial charge < -0.3 is 4.90 Å². The topological polar surface area (TPSA) is 64.8 Å². The molecule has 0 saturated heterocycles. The molecule has 0 aliphatic heterocycles. The summed E-state index contributed by atoms with van der Waals surface area (Å²) < 4.78 is 0.976. The smallest absolute Gasteiger partial charge is 0.182 e. The summed E-state index contributed by atoms with van der Waals surface area (Å²) in [6.45, 7) is 1.79. The first-order valence-corrected chi connectivity index (χ1v) is 6.40. The maximum Gasteiger partial charge on any atom is 0.182 e. The number of benzene rings is 1. The number of para-hydroxylation sites is 1. The molecule has 2 aromatic rings. The predicted molar refractivity (Wildman–Crippen MR) is 78.2 cm³/mol. The Morgan fingerprint density at radius 3 is 2.74 bits per heavy atom. The van der Waals surface area contributed by atoms with Crippen molar-refractivity contribution in [1.82, 2.24) is 9.97 Å². The highest BCUT2D eigenvalue weighted by molar-refractivity contribution is 9.10. The summed E-state index contributed by atoms with van der Waals surface area (Å²) in [5, 5.41) is 11.2. The number of anilines is 3. The van der Waals surface area contributed by atoms with Crippen LogP contribution in [0.1, 0.15) is 5.82 Å². The maximum atomic E-state index is 8.66. The zero-order chi connectivity index (χ0) is 13.8. The minimum atomic E-state index is 0.490. The van der Waals surface area contributed by atoms with E-state index in [1.807, 2.05) is 42.4 Å². The highest BCUT2D eigenvalue weighted by Gasteiger charge is 2.10. The SMILES string of the molecule is Cc1nc(NC#N)cc(N(C)c2ccccc2Br)n1. The summed E-state index contributed by atoms with van der Waals surface area (Å²) in [5.74, 6) is 1.82. The maximum absolute atomic E-state index is 8.66. The molecule has 0 radical (unpaired) electrons. The Bertz CT molecular complexity index is 635. The third kappa shape index (κ3) is 3.01. The van der Waals surface area contributed by atoms with Gasteiger partial charge in [-0.3, -0.25) is 5.32 Å². The summed E-state index contributed by atoms with van der Waals surface area (Å²) in [4.78, 5) is 10.4. The van der Waals surface area contributed by atoms with Crippen LogP contribution in [0, 0.1) is 18.4 Å². The van der Waals surface area contributed by atoms with Gasteiger partial charge in [-0.2, -0.15) is 5.26 Å². The van der Waals surface area contributed by atoms with E-state index in [0.29, 0.717) is 11.6 Å². The third-order valence-corrected chi connectivity index (χ3v) is 3.24. The van der Waals surface area contributed by atoms with Crippen molar-refractivity contribution in [2.75, 3.05) is 17.3 Å². The minimum absolute atomic E-state index is 0.490. The van der Waals surface area contributed by atoms with Crippen molar-refractivity contribution in [3.8, 4) is 6.19 Å². The lowest BCUT2D eigenvalue weighted by Crippen LogP contribution is -2.13. The van der Waals surface area contributed by atoms with Crippen molar-refractivity contribution < 1.29 is 0 Å². The van der Waals surface area contributed by atoms with Gasteiger partial charge in [0.25, 0.3) is 0 Å². The van der Waals surface area contributed by atoms with Crippen molar-refractivity contribution in [3.05, 3.63) is 40.6 Å². The van der Waals surface area contributed by atoms with Gasteiger partial charge in [0.15, 0.2) is 6.19 Å². The Labute approximate surface area is 120 Å². The average molecular weight is 318 g/mol. The number of hydrogen-bond donors (Lipinski definition) is 1. The molecule has 1 aromatic heterocycles. The number of nitrogens with one attached hydrogen (secondary N) is 1. The van der Waals surface area contributed by atoms with E-state index in [1.54, 1.807) is 13.0 Å². The van der Waals surface area contributed by atoms with E-state index in [1.165, 1.54) is 0 Å². The van der Waals surface area contributed by atoms with Crippen LogP contribution in [-0.4, -0.2) is 17.0 Å². The lowest BCUT2D eigenvalue weighted by Gasteiger charge is -2.20. The van der Waals surface area contributed by atoms with E-state index in [4.69, 9.17) is 5.26 Å². The molecule has 2 rings (SSSR count). The summed E-state index contributed by atoms with van der Waals surface area (Å²) in [5.41, 5.74) is 0.989. The summed E-state index contributed by atoms with van der Waals surface area (Å²) in [6, 6.07) is 9.59. The average Bonchev–Trinajstić information content (AvgIpc) is 2.38. The van der Waals surface area contributed by atoms with E-state index in [2.05, 4.69) is 31.2 Å². The highest BCUT2D eigenvalue weighted by atomic mass is 79.9. The van der Waals surface area contributed by atoms with Crippen molar-refractivity contribution in [2.45, 2.75) is 6.92 Å². The van der Waals surface area contributed by atoms with E-state index < -0.39 is 0 Å². The van der Waals surface area contributed by atoms with Gasteiger partial charge in [-0.1, -0.05) is 12.1 Å². The Morgan fingerprint density at radius 1 is 1.32 bits per heavy atom. The van der Waals surface area contributed by atoms with Crippen molar-refractivity contribution in [1.29, 1.82) is 5.26 Å². The minimum Gasteiger partial charge on any atom is -0.328 e. The van der Waals surface area contributed by atoms with Crippen molar-refractivity contribution in [3.63, 3.8) is 0 Å². The number of hydrogen-bond acceptors (Lipinski definition) is 5. The van der Waals surface area contributed by atoms with E-state index >= 15 is 0 Å². The van der Waals surface area contributed by atoms with Gasteiger partial charge in [0.2, 0.25) is 0 Å². The largest absolute Gasteiger partial charge is 0.328 e.